The Morgan fingerprint density at radius 2 is 1.92 bits per heavy atom. The number of rotatable bonds is 5. The summed E-state index contributed by atoms with van der Waals surface area (Å²) in [5.41, 5.74) is 4.89. The summed E-state index contributed by atoms with van der Waals surface area (Å²) in [7, 11) is 0. The van der Waals surface area contributed by atoms with E-state index < -0.39 is 0 Å². The summed E-state index contributed by atoms with van der Waals surface area (Å²) in [6, 6.07) is 8.77. The Hall–Kier alpha value is -2.14. The first-order valence-corrected chi connectivity index (χ1v) is 9.66. The van der Waals surface area contributed by atoms with Crippen molar-refractivity contribution in [2.45, 2.75) is 46.6 Å². The van der Waals surface area contributed by atoms with Gasteiger partial charge in [0.2, 0.25) is 0 Å². The second-order valence-corrected chi connectivity index (χ2v) is 7.45. The van der Waals surface area contributed by atoms with Crippen molar-refractivity contribution >= 4 is 5.91 Å². The number of benzene rings is 1. The Morgan fingerprint density at radius 3 is 2.58 bits per heavy atom. The Balaban J connectivity index is 1.66. The van der Waals surface area contributed by atoms with E-state index in [0.717, 1.165) is 37.4 Å². The smallest absolute Gasteiger partial charge is 0.271 e. The molecule has 1 N–H and O–H groups in total. The van der Waals surface area contributed by atoms with Crippen LogP contribution in [0.1, 0.15) is 48.3 Å². The maximum atomic E-state index is 12.8. The number of aromatic amines is 1. The number of hydrogen-bond donors (Lipinski definition) is 1. The van der Waals surface area contributed by atoms with Crippen LogP contribution in [0.2, 0.25) is 0 Å². The molecule has 0 unspecified atom stereocenters. The van der Waals surface area contributed by atoms with Gasteiger partial charge in [0.25, 0.3) is 5.91 Å². The number of nitrogens with one attached hydrogen (secondary N) is 1. The Kier molecular flexibility index (Phi) is 5.77. The van der Waals surface area contributed by atoms with Crippen LogP contribution >= 0.6 is 0 Å². The van der Waals surface area contributed by atoms with Crippen molar-refractivity contribution in [3.05, 3.63) is 41.1 Å². The third kappa shape index (κ3) is 3.98. The van der Waals surface area contributed by atoms with Crippen LogP contribution in [0.25, 0.3) is 11.3 Å². The summed E-state index contributed by atoms with van der Waals surface area (Å²) < 4.78 is 0. The van der Waals surface area contributed by atoms with Crippen LogP contribution in [0.5, 0.6) is 0 Å². The number of carbonyl (C=O) groups is 1. The zero-order valence-corrected chi connectivity index (χ0v) is 16.4. The van der Waals surface area contributed by atoms with Gasteiger partial charge in [-0.25, -0.2) is 0 Å². The van der Waals surface area contributed by atoms with Gasteiger partial charge in [0.15, 0.2) is 0 Å². The number of hydrogen-bond acceptors (Lipinski definition) is 3. The van der Waals surface area contributed by atoms with Gasteiger partial charge >= 0.3 is 0 Å². The number of amides is 1. The zero-order chi connectivity index (χ0) is 18.7. The number of aromatic nitrogens is 2. The second kappa shape index (κ2) is 8.04. The first-order chi connectivity index (χ1) is 12.5. The molecule has 5 nitrogen and oxygen atoms in total. The highest BCUT2D eigenvalue weighted by molar-refractivity contribution is 5.93. The average Bonchev–Trinajstić information content (AvgIpc) is 3.11. The van der Waals surface area contributed by atoms with E-state index in [2.05, 4.69) is 61.0 Å². The predicted molar refractivity (Wildman–Crippen MR) is 105 cm³/mol. The fourth-order valence-corrected chi connectivity index (χ4v) is 3.81. The molecule has 0 saturated carbocycles. The largest absolute Gasteiger partial charge is 0.335 e. The molecule has 140 valence electrons. The molecule has 1 atom stereocenters. The number of nitrogens with zero attached hydrogens (tertiary/aromatic N) is 3. The minimum Gasteiger partial charge on any atom is -0.335 e. The molecule has 1 aromatic heterocycles. The molecule has 0 bridgehead atoms. The highest BCUT2D eigenvalue weighted by atomic mass is 16.2. The van der Waals surface area contributed by atoms with E-state index in [1.54, 1.807) is 0 Å². The van der Waals surface area contributed by atoms with Crippen LogP contribution in [0.3, 0.4) is 0 Å². The average molecular weight is 354 g/mol. The molecule has 0 spiro atoms. The predicted octanol–water partition coefficient (Wildman–Crippen LogP) is 3.64. The summed E-state index contributed by atoms with van der Waals surface area (Å²) in [5.74, 6) is 0.0521. The molecule has 2 heterocycles. The fourth-order valence-electron chi connectivity index (χ4n) is 3.81. The fraction of sp³-hybridized carbons (Fsp3) is 0.524. The first-order valence-electron chi connectivity index (χ1n) is 9.66. The van der Waals surface area contributed by atoms with Gasteiger partial charge in [0, 0.05) is 37.8 Å². The molecule has 5 heteroatoms. The van der Waals surface area contributed by atoms with Gasteiger partial charge < -0.3 is 4.90 Å². The van der Waals surface area contributed by atoms with Gasteiger partial charge in [-0.15, -0.1) is 0 Å². The van der Waals surface area contributed by atoms with Gasteiger partial charge in [0.1, 0.15) is 5.69 Å². The van der Waals surface area contributed by atoms with Gasteiger partial charge in [-0.2, -0.15) is 5.10 Å². The molecule has 3 rings (SSSR count). The number of piperazine rings is 1. The third-order valence-corrected chi connectivity index (χ3v) is 5.40. The summed E-state index contributed by atoms with van der Waals surface area (Å²) in [5, 5.41) is 7.32. The normalized spacial score (nSPS) is 16.7. The summed E-state index contributed by atoms with van der Waals surface area (Å²) in [6.45, 7) is 12.1. The van der Waals surface area contributed by atoms with Crippen molar-refractivity contribution in [1.29, 1.82) is 0 Å². The highest BCUT2D eigenvalue weighted by Gasteiger charge is 2.25. The number of aryl methyl sites for hydroxylation is 2. The molecule has 1 amide bonds. The van der Waals surface area contributed by atoms with Gasteiger partial charge in [-0.05, 0) is 38.8 Å². The second-order valence-electron chi connectivity index (χ2n) is 7.45. The van der Waals surface area contributed by atoms with E-state index in [-0.39, 0.29) is 5.91 Å². The highest BCUT2D eigenvalue weighted by Crippen LogP contribution is 2.23. The van der Waals surface area contributed by atoms with Crippen molar-refractivity contribution < 1.29 is 4.79 Å². The lowest BCUT2D eigenvalue weighted by Crippen LogP contribution is -2.51. The Bertz CT molecular complexity index is 759. The Morgan fingerprint density at radius 1 is 1.19 bits per heavy atom. The molecule has 0 aliphatic carbocycles. The van der Waals surface area contributed by atoms with Crippen molar-refractivity contribution in [1.82, 2.24) is 20.0 Å². The van der Waals surface area contributed by atoms with E-state index >= 15 is 0 Å². The molecule has 26 heavy (non-hydrogen) atoms. The molecule has 1 fully saturated rings. The molecule has 1 aliphatic rings. The van der Waals surface area contributed by atoms with Gasteiger partial charge in [-0.1, -0.05) is 37.1 Å². The summed E-state index contributed by atoms with van der Waals surface area (Å²) in [4.78, 5) is 17.2. The molecule has 2 aromatic rings. The standard InChI is InChI=1S/C21H30N4O/c1-5-6-17(4)24-9-11-25(12-10-24)21(26)20-14-19(22-23-20)18-8-7-15(2)13-16(18)3/h7-8,13-14,17H,5-6,9-12H2,1-4H3,(H,22,23)/t17-/m1/s1. The number of H-pyrrole nitrogens is 1. The van der Waals surface area contributed by atoms with Crippen LogP contribution in [-0.2, 0) is 0 Å². The molecular formula is C21H30N4O. The Labute approximate surface area is 156 Å². The summed E-state index contributed by atoms with van der Waals surface area (Å²) >= 11 is 0. The maximum Gasteiger partial charge on any atom is 0.271 e. The molecule has 0 radical (unpaired) electrons. The minimum atomic E-state index is 0.0521. The van der Waals surface area contributed by atoms with Crippen LogP contribution in [0, 0.1) is 13.8 Å². The topological polar surface area (TPSA) is 52.2 Å². The monoisotopic (exact) mass is 354 g/mol. The first kappa shape index (κ1) is 18.6. The third-order valence-electron chi connectivity index (χ3n) is 5.40. The number of carbonyl (C=O) groups excluding carboxylic acids is 1. The van der Waals surface area contributed by atoms with E-state index in [1.807, 2.05) is 11.0 Å². The van der Waals surface area contributed by atoms with E-state index in [4.69, 9.17) is 0 Å². The van der Waals surface area contributed by atoms with Crippen molar-refractivity contribution in [2.24, 2.45) is 0 Å². The maximum absolute atomic E-state index is 12.8. The van der Waals surface area contributed by atoms with Gasteiger partial charge in [0.05, 0.1) is 5.69 Å². The van der Waals surface area contributed by atoms with E-state index in [9.17, 15) is 4.79 Å². The van der Waals surface area contributed by atoms with Crippen LogP contribution in [-0.4, -0.2) is 58.1 Å². The molecule has 1 saturated heterocycles. The van der Waals surface area contributed by atoms with Gasteiger partial charge in [-0.3, -0.25) is 14.8 Å². The lowest BCUT2D eigenvalue weighted by atomic mass is 10.0. The van der Waals surface area contributed by atoms with Crippen LogP contribution in [0.15, 0.2) is 24.3 Å². The minimum absolute atomic E-state index is 0.0521. The van der Waals surface area contributed by atoms with E-state index in [1.165, 1.54) is 24.0 Å². The van der Waals surface area contributed by atoms with Crippen molar-refractivity contribution in [2.75, 3.05) is 26.2 Å². The SMILES string of the molecule is CCC[C@@H](C)N1CCN(C(=O)c2cc(-c3ccc(C)cc3C)n[nH]2)CC1. The van der Waals surface area contributed by atoms with Crippen molar-refractivity contribution in [3.8, 4) is 11.3 Å². The molecule has 1 aliphatic heterocycles. The molecular weight excluding hydrogens is 324 g/mol. The zero-order valence-electron chi connectivity index (χ0n) is 16.4. The van der Waals surface area contributed by atoms with Crippen LogP contribution in [0.4, 0.5) is 0 Å². The lowest BCUT2D eigenvalue weighted by molar-refractivity contribution is 0.0569. The summed E-state index contributed by atoms with van der Waals surface area (Å²) in [6.07, 6.45) is 2.42. The molecule has 1 aromatic carbocycles. The van der Waals surface area contributed by atoms with Crippen LogP contribution < -0.4 is 0 Å². The lowest BCUT2D eigenvalue weighted by Gasteiger charge is -2.37. The van der Waals surface area contributed by atoms with E-state index in [0.29, 0.717) is 11.7 Å². The quantitative estimate of drug-likeness (QED) is 0.892. The van der Waals surface area contributed by atoms with Crippen molar-refractivity contribution in [3.63, 3.8) is 0 Å².